The maximum Gasteiger partial charge on any atom is 0.310 e. The van der Waals surface area contributed by atoms with Crippen LogP contribution < -0.4 is 10.1 Å². The van der Waals surface area contributed by atoms with E-state index in [0.717, 1.165) is 0 Å². The molecule has 1 N–H and O–H groups in total. The summed E-state index contributed by atoms with van der Waals surface area (Å²) in [5.41, 5.74) is 0.546. The van der Waals surface area contributed by atoms with Crippen LogP contribution in [0.5, 0.6) is 5.75 Å². The molecule has 0 aliphatic rings. The Balaban J connectivity index is 1.86. The van der Waals surface area contributed by atoms with Crippen LogP contribution in [0.3, 0.4) is 0 Å². The summed E-state index contributed by atoms with van der Waals surface area (Å²) in [5, 5.41) is 2.69. The molecule has 0 saturated heterocycles. The van der Waals surface area contributed by atoms with E-state index in [1.807, 2.05) is 0 Å². The van der Waals surface area contributed by atoms with Gasteiger partial charge in [-0.2, -0.15) is 0 Å². The molecule has 1 amide bonds. The van der Waals surface area contributed by atoms with Gasteiger partial charge in [0.05, 0.1) is 13.5 Å². The standard InChI is InChI=1S/C17H15ClFNO4/c1-23-12-5-2-4-11(8-12)20-16(21)10-24-17(22)9-13-14(18)6-3-7-15(13)19/h2-8H,9-10H2,1H3,(H,20,21). The molecule has 0 heterocycles. The number of halogens is 2. The zero-order valence-corrected chi connectivity index (χ0v) is 13.6. The SMILES string of the molecule is COc1cccc(NC(=O)COC(=O)Cc2c(F)cccc2Cl)c1. The summed E-state index contributed by atoms with van der Waals surface area (Å²) in [6.45, 7) is -0.484. The smallest absolute Gasteiger partial charge is 0.310 e. The highest BCUT2D eigenvalue weighted by atomic mass is 35.5. The lowest BCUT2D eigenvalue weighted by molar-refractivity contribution is -0.146. The number of nitrogens with one attached hydrogen (secondary N) is 1. The molecule has 0 fully saturated rings. The van der Waals surface area contributed by atoms with Crippen LogP contribution in [0.4, 0.5) is 10.1 Å². The fourth-order valence-electron chi connectivity index (χ4n) is 1.94. The van der Waals surface area contributed by atoms with Crippen molar-refractivity contribution in [2.45, 2.75) is 6.42 Å². The Morgan fingerprint density at radius 1 is 1.21 bits per heavy atom. The second-order valence-corrected chi connectivity index (χ2v) is 5.23. The van der Waals surface area contributed by atoms with Crippen molar-refractivity contribution < 1.29 is 23.5 Å². The second-order valence-electron chi connectivity index (χ2n) is 4.82. The van der Waals surface area contributed by atoms with E-state index in [1.54, 1.807) is 24.3 Å². The second kappa shape index (κ2) is 8.31. The summed E-state index contributed by atoms with van der Waals surface area (Å²) >= 11 is 5.83. The minimum atomic E-state index is -0.747. The lowest BCUT2D eigenvalue weighted by Gasteiger charge is -2.09. The predicted octanol–water partition coefficient (Wildman–Crippen LogP) is 3.21. The van der Waals surface area contributed by atoms with Gasteiger partial charge in [0.15, 0.2) is 6.61 Å². The maximum atomic E-state index is 13.6. The summed E-state index contributed by atoms with van der Waals surface area (Å²) in [5.74, 6) is -1.28. The van der Waals surface area contributed by atoms with Crippen LogP contribution in [0.2, 0.25) is 5.02 Å². The van der Waals surface area contributed by atoms with E-state index >= 15 is 0 Å². The topological polar surface area (TPSA) is 64.6 Å². The van der Waals surface area contributed by atoms with E-state index < -0.39 is 24.3 Å². The summed E-state index contributed by atoms with van der Waals surface area (Å²) < 4.78 is 23.5. The first-order chi connectivity index (χ1) is 11.5. The van der Waals surface area contributed by atoms with Crippen LogP contribution in [0.25, 0.3) is 0 Å². The molecule has 2 aromatic rings. The van der Waals surface area contributed by atoms with Crippen molar-refractivity contribution >= 4 is 29.2 Å². The van der Waals surface area contributed by atoms with E-state index in [-0.39, 0.29) is 17.0 Å². The van der Waals surface area contributed by atoms with Gasteiger partial charge in [0.25, 0.3) is 5.91 Å². The van der Waals surface area contributed by atoms with Crippen molar-refractivity contribution in [3.8, 4) is 5.75 Å². The fourth-order valence-corrected chi connectivity index (χ4v) is 2.17. The number of anilines is 1. The molecule has 2 aromatic carbocycles. The number of carbonyl (C=O) groups excluding carboxylic acids is 2. The Kier molecular flexibility index (Phi) is 6.14. The molecule has 5 nitrogen and oxygen atoms in total. The molecule has 2 rings (SSSR count). The molecule has 0 aromatic heterocycles. The summed E-state index contributed by atoms with van der Waals surface area (Å²) in [7, 11) is 1.51. The molecule has 24 heavy (non-hydrogen) atoms. The van der Waals surface area contributed by atoms with Crippen LogP contribution in [-0.4, -0.2) is 25.6 Å². The van der Waals surface area contributed by atoms with Crippen LogP contribution >= 0.6 is 11.6 Å². The Labute approximate surface area is 143 Å². The fraction of sp³-hybridized carbons (Fsp3) is 0.176. The highest BCUT2D eigenvalue weighted by Gasteiger charge is 2.14. The number of esters is 1. The molecular formula is C17H15ClFNO4. The van der Waals surface area contributed by atoms with Gasteiger partial charge >= 0.3 is 5.97 Å². The maximum absolute atomic E-state index is 13.6. The number of ether oxygens (including phenoxy) is 2. The first kappa shape index (κ1) is 17.7. The molecule has 0 unspecified atom stereocenters. The van der Waals surface area contributed by atoms with Crippen LogP contribution in [-0.2, 0) is 20.7 Å². The van der Waals surface area contributed by atoms with Crippen molar-refractivity contribution in [2.24, 2.45) is 0 Å². The van der Waals surface area contributed by atoms with Gasteiger partial charge in [-0.3, -0.25) is 9.59 Å². The van der Waals surface area contributed by atoms with E-state index in [4.69, 9.17) is 21.1 Å². The van der Waals surface area contributed by atoms with Gasteiger partial charge in [0.2, 0.25) is 0 Å². The van der Waals surface area contributed by atoms with E-state index in [0.29, 0.717) is 11.4 Å². The monoisotopic (exact) mass is 351 g/mol. The van der Waals surface area contributed by atoms with Gasteiger partial charge in [0, 0.05) is 22.3 Å². The first-order valence-corrected chi connectivity index (χ1v) is 7.40. The number of carbonyl (C=O) groups is 2. The Morgan fingerprint density at radius 3 is 2.67 bits per heavy atom. The molecular weight excluding hydrogens is 337 g/mol. The average molecular weight is 352 g/mol. The van der Waals surface area contributed by atoms with Crippen molar-refractivity contribution in [1.82, 2.24) is 0 Å². The lowest BCUT2D eigenvalue weighted by Crippen LogP contribution is -2.21. The van der Waals surface area contributed by atoms with Gasteiger partial charge < -0.3 is 14.8 Å². The quantitative estimate of drug-likeness (QED) is 0.812. The van der Waals surface area contributed by atoms with Gasteiger partial charge in [-0.1, -0.05) is 23.7 Å². The number of methoxy groups -OCH3 is 1. The highest BCUT2D eigenvalue weighted by molar-refractivity contribution is 6.31. The highest BCUT2D eigenvalue weighted by Crippen LogP contribution is 2.20. The van der Waals surface area contributed by atoms with Gasteiger partial charge in [-0.25, -0.2) is 4.39 Å². The van der Waals surface area contributed by atoms with Crippen molar-refractivity contribution in [3.05, 3.63) is 58.9 Å². The lowest BCUT2D eigenvalue weighted by atomic mass is 10.1. The molecule has 0 radical (unpaired) electrons. The minimum absolute atomic E-state index is 0.0392. The van der Waals surface area contributed by atoms with Crippen LogP contribution in [0, 0.1) is 5.82 Å². The van der Waals surface area contributed by atoms with Gasteiger partial charge in [0.1, 0.15) is 11.6 Å². The molecule has 0 aliphatic heterocycles. The van der Waals surface area contributed by atoms with Crippen LogP contribution in [0.15, 0.2) is 42.5 Å². The van der Waals surface area contributed by atoms with E-state index in [2.05, 4.69) is 5.32 Å². The number of hydrogen-bond acceptors (Lipinski definition) is 4. The Morgan fingerprint density at radius 2 is 1.96 bits per heavy atom. The summed E-state index contributed by atoms with van der Waals surface area (Å²) in [4.78, 5) is 23.5. The molecule has 7 heteroatoms. The van der Waals surface area contributed by atoms with Crippen molar-refractivity contribution in [2.75, 3.05) is 19.0 Å². The third-order valence-corrected chi connectivity index (χ3v) is 3.45. The Hall–Kier alpha value is -2.60. The summed E-state index contributed by atoms with van der Waals surface area (Å²) in [6, 6.07) is 10.8. The molecule has 0 spiro atoms. The number of hydrogen-bond donors (Lipinski definition) is 1. The predicted molar refractivity (Wildman–Crippen MR) is 87.7 cm³/mol. The molecule has 126 valence electrons. The Bertz CT molecular complexity index is 731. The van der Waals surface area contributed by atoms with Gasteiger partial charge in [-0.15, -0.1) is 0 Å². The van der Waals surface area contributed by atoms with Crippen LogP contribution in [0.1, 0.15) is 5.56 Å². The molecule has 0 aliphatic carbocycles. The normalized spacial score (nSPS) is 10.1. The number of amides is 1. The van der Waals surface area contributed by atoms with E-state index in [9.17, 15) is 14.0 Å². The average Bonchev–Trinajstić information content (AvgIpc) is 2.56. The largest absolute Gasteiger partial charge is 0.497 e. The first-order valence-electron chi connectivity index (χ1n) is 7.02. The van der Waals surface area contributed by atoms with Crippen molar-refractivity contribution in [3.63, 3.8) is 0 Å². The number of rotatable bonds is 6. The number of benzene rings is 2. The third-order valence-electron chi connectivity index (χ3n) is 3.10. The van der Waals surface area contributed by atoms with Gasteiger partial charge in [-0.05, 0) is 24.3 Å². The molecule has 0 bridgehead atoms. The zero-order chi connectivity index (χ0) is 17.5. The zero-order valence-electron chi connectivity index (χ0n) is 12.8. The third kappa shape index (κ3) is 4.96. The summed E-state index contributed by atoms with van der Waals surface area (Å²) in [6.07, 6.45) is -0.349. The molecule has 0 atom stereocenters. The van der Waals surface area contributed by atoms with E-state index in [1.165, 1.54) is 25.3 Å². The minimum Gasteiger partial charge on any atom is -0.497 e. The molecule has 0 saturated carbocycles. The van der Waals surface area contributed by atoms with Crippen molar-refractivity contribution in [1.29, 1.82) is 0 Å².